The van der Waals surface area contributed by atoms with Crippen molar-refractivity contribution in [2.45, 2.75) is 31.8 Å². The number of hydrogen-bond acceptors (Lipinski definition) is 5. The Morgan fingerprint density at radius 2 is 1.34 bits per heavy atom. The van der Waals surface area contributed by atoms with Crippen molar-refractivity contribution in [1.82, 2.24) is 0 Å². The van der Waals surface area contributed by atoms with Gasteiger partial charge < -0.3 is 14.1 Å². The molecule has 1 atom stereocenters. The van der Waals surface area contributed by atoms with Crippen LogP contribution in [0.4, 0.5) is 22.7 Å². The van der Waals surface area contributed by atoms with Crippen LogP contribution in [0.5, 0.6) is 0 Å². The first-order valence-electron chi connectivity index (χ1n) is 20.4. The summed E-state index contributed by atoms with van der Waals surface area (Å²) in [5.74, 6) is 0.957. The molecule has 1 aliphatic carbocycles. The van der Waals surface area contributed by atoms with Crippen LogP contribution in [-0.2, 0) is 24.2 Å². The number of nitrogens with zero attached hydrogens (tertiary/aromatic N) is 2. The lowest BCUT2D eigenvalue weighted by Crippen LogP contribution is -2.15. The van der Waals surface area contributed by atoms with Crippen molar-refractivity contribution in [2.75, 3.05) is 4.90 Å². The maximum absolute atomic E-state index is 6.99. The highest BCUT2D eigenvalue weighted by atomic mass is 32.1. The van der Waals surface area contributed by atoms with E-state index >= 15 is 0 Å². The van der Waals surface area contributed by atoms with E-state index < -0.39 is 0 Å². The number of thiophene rings is 1. The van der Waals surface area contributed by atoms with Gasteiger partial charge in [-0.1, -0.05) is 115 Å². The Morgan fingerprint density at radius 3 is 2.24 bits per heavy atom. The molecule has 282 valence electrons. The molecule has 0 amide bonds. The van der Waals surface area contributed by atoms with E-state index in [1.807, 2.05) is 35.6 Å². The maximum Gasteiger partial charge on any atom is 0.221 e. The van der Waals surface area contributed by atoms with Crippen molar-refractivity contribution in [3.8, 4) is 11.1 Å². The Morgan fingerprint density at radius 1 is 0.610 bits per heavy atom. The van der Waals surface area contributed by atoms with Gasteiger partial charge in [-0.3, -0.25) is 0 Å². The molecule has 0 saturated heterocycles. The third-order valence-corrected chi connectivity index (χ3v) is 13.4. The minimum absolute atomic E-state index is 0.332. The number of benzene rings is 8. The van der Waals surface area contributed by atoms with Gasteiger partial charge in [-0.15, -0.1) is 11.3 Å². The normalized spacial score (nSPS) is 14.7. The first-order valence-corrected chi connectivity index (χ1v) is 21.3. The monoisotopic (exact) mass is 778 g/mol. The van der Waals surface area contributed by atoms with Gasteiger partial charge in [0.25, 0.3) is 0 Å². The Kier molecular flexibility index (Phi) is 8.02. The van der Waals surface area contributed by atoms with Crippen molar-refractivity contribution in [2.24, 2.45) is 4.99 Å². The highest BCUT2D eigenvalue weighted by molar-refractivity contribution is 7.25. The summed E-state index contributed by atoms with van der Waals surface area (Å²) in [6.07, 6.45) is 3.09. The molecular formula is C54H38N2O2S. The summed E-state index contributed by atoms with van der Waals surface area (Å²) in [6.45, 7) is 0.397. The zero-order valence-electron chi connectivity index (χ0n) is 32.3. The van der Waals surface area contributed by atoms with Crippen LogP contribution in [0.2, 0.25) is 0 Å². The lowest BCUT2D eigenvalue weighted by Gasteiger charge is -2.29. The molecule has 8 aromatic carbocycles. The third kappa shape index (κ3) is 5.76. The van der Waals surface area contributed by atoms with Crippen LogP contribution in [0.25, 0.3) is 53.2 Å². The lowest BCUT2D eigenvalue weighted by atomic mass is 9.86. The molecule has 3 heterocycles. The highest BCUT2D eigenvalue weighted by Gasteiger charge is 2.29. The quantitative estimate of drug-likeness (QED) is 0.169. The van der Waals surface area contributed by atoms with Crippen LogP contribution in [0.3, 0.4) is 0 Å². The van der Waals surface area contributed by atoms with E-state index in [1.54, 1.807) is 0 Å². The molecule has 5 heteroatoms. The van der Waals surface area contributed by atoms with Crippen molar-refractivity contribution in [3.05, 3.63) is 204 Å². The van der Waals surface area contributed by atoms with Crippen LogP contribution in [-0.4, -0.2) is 5.90 Å². The van der Waals surface area contributed by atoms with Gasteiger partial charge in [0.15, 0.2) is 5.58 Å². The van der Waals surface area contributed by atoms with Crippen LogP contribution in [0, 0.1) is 0 Å². The SMILES string of the molecule is c1ccc(CC2CCc3ccccc3-c3ccc(N(c4ccc5sc6ccccc6c5c4)c4cc5c(c6c4oc4ccccc46)N=C(c4ccccc4)OC5)cc32)cc1. The van der Waals surface area contributed by atoms with E-state index in [4.69, 9.17) is 14.1 Å². The molecule has 59 heavy (non-hydrogen) atoms. The zero-order chi connectivity index (χ0) is 38.9. The van der Waals surface area contributed by atoms with Gasteiger partial charge in [-0.2, -0.15) is 0 Å². The maximum atomic E-state index is 6.99. The molecule has 12 rings (SSSR count). The molecule has 4 nitrogen and oxygen atoms in total. The third-order valence-electron chi connectivity index (χ3n) is 12.3. The molecule has 0 radical (unpaired) electrons. The summed E-state index contributed by atoms with van der Waals surface area (Å²) in [7, 11) is 0. The second-order valence-electron chi connectivity index (χ2n) is 15.7. The molecule has 1 unspecified atom stereocenters. The lowest BCUT2D eigenvalue weighted by molar-refractivity contribution is 0.289. The van der Waals surface area contributed by atoms with Crippen LogP contribution >= 0.6 is 11.3 Å². The van der Waals surface area contributed by atoms with Gasteiger partial charge in [-0.25, -0.2) is 4.99 Å². The average molecular weight is 779 g/mol. The van der Waals surface area contributed by atoms with E-state index in [9.17, 15) is 0 Å². The predicted octanol–water partition coefficient (Wildman–Crippen LogP) is 15.0. The summed E-state index contributed by atoms with van der Waals surface area (Å²) < 4.78 is 16.0. The fraction of sp³-hybridized carbons (Fsp3) is 0.0926. The molecule has 2 aliphatic rings. The number of aryl methyl sites for hydroxylation is 1. The van der Waals surface area contributed by atoms with Crippen molar-refractivity contribution < 1.29 is 9.15 Å². The molecule has 1 aliphatic heterocycles. The van der Waals surface area contributed by atoms with E-state index in [0.29, 0.717) is 18.4 Å². The van der Waals surface area contributed by atoms with Gasteiger partial charge in [0.05, 0.1) is 16.8 Å². The standard InChI is InChI=1S/C54H38N2O2S/c1-3-13-34(14-4-1)29-37-24-23-35-15-7-8-18-41(35)42-27-25-39(31-45(37)42)56(40-26-28-50-46(32-40)43-19-10-12-22-49(43)59-50)47-30-38-33-57-54(36-16-5-2-6-17-36)55-52(38)51-44-20-9-11-21-48(44)58-53(47)51/h1-22,25-28,30-32,37H,23-24,29,33H2. The second-order valence-corrected chi connectivity index (χ2v) is 16.8. The van der Waals surface area contributed by atoms with E-state index in [0.717, 1.165) is 75.1 Å². The topological polar surface area (TPSA) is 38.0 Å². The summed E-state index contributed by atoms with van der Waals surface area (Å²) in [6, 6.07) is 63.5. The van der Waals surface area contributed by atoms with Gasteiger partial charge >= 0.3 is 0 Å². The zero-order valence-corrected chi connectivity index (χ0v) is 33.1. The largest absolute Gasteiger partial charge is 0.472 e. The smallest absolute Gasteiger partial charge is 0.221 e. The fourth-order valence-electron chi connectivity index (χ4n) is 9.48. The van der Waals surface area contributed by atoms with E-state index in [-0.39, 0.29) is 0 Å². The summed E-state index contributed by atoms with van der Waals surface area (Å²) in [4.78, 5) is 7.66. The molecule has 0 fully saturated rings. The number of rotatable bonds is 6. The number of aliphatic imine (C=N–C) groups is 1. The van der Waals surface area contributed by atoms with Gasteiger partial charge in [0, 0.05) is 48.1 Å². The highest BCUT2D eigenvalue weighted by Crippen LogP contribution is 2.51. The molecule has 0 saturated carbocycles. The number of ether oxygens (including phenoxy) is 1. The average Bonchev–Trinajstić information content (AvgIpc) is 3.83. The number of para-hydroxylation sites is 1. The van der Waals surface area contributed by atoms with Gasteiger partial charge in [0.2, 0.25) is 5.90 Å². The van der Waals surface area contributed by atoms with E-state index in [2.05, 4.69) is 157 Å². The van der Waals surface area contributed by atoms with Crippen LogP contribution in [0.1, 0.15) is 40.2 Å². The fourth-order valence-corrected chi connectivity index (χ4v) is 10.6. The van der Waals surface area contributed by atoms with Crippen LogP contribution < -0.4 is 4.90 Å². The molecule has 0 spiro atoms. The Hall–Kier alpha value is -6.95. The molecular weight excluding hydrogens is 741 g/mol. The Balaban J connectivity index is 1.13. The minimum Gasteiger partial charge on any atom is -0.472 e. The first kappa shape index (κ1) is 34.1. The number of furan rings is 1. The minimum atomic E-state index is 0.332. The molecule has 2 aromatic heterocycles. The summed E-state index contributed by atoms with van der Waals surface area (Å²) in [5, 5.41) is 4.56. The van der Waals surface area contributed by atoms with Crippen molar-refractivity contribution in [3.63, 3.8) is 0 Å². The predicted molar refractivity (Wildman–Crippen MR) is 245 cm³/mol. The second kappa shape index (κ2) is 13.9. The van der Waals surface area contributed by atoms with Crippen molar-refractivity contribution >= 4 is 82.1 Å². The Bertz CT molecular complexity index is 3270. The molecule has 0 bridgehead atoms. The Labute approximate surface area is 346 Å². The number of anilines is 3. The van der Waals surface area contributed by atoms with Gasteiger partial charge in [-0.05, 0) is 114 Å². The molecule has 0 N–H and O–H groups in total. The first-order chi connectivity index (χ1) is 29.2. The molecule has 10 aromatic rings. The van der Waals surface area contributed by atoms with E-state index in [1.165, 1.54) is 48.0 Å². The summed E-state index contributed by atoms with van der Waals surface area (Å²) in [5.41, 5.74) is 14.4. The number of hydrogen-bond donors (Lipinski definition) is 0. The summed E-state index contributed by atoms with van der Waals surface area (Å²) >= 11 is 1.84. The van der Waals surface area contributed by atoms with Crippen LogP contribution in [0.15, 0.2) is 185 Å². The van der Waals surface area contributed by atoms with Gasteiger partial charge in [0.1, 0.15) is 12.2 Å². The van der Waals surface area contributed by atoms with Crippen molar-refractivity contribution in [1.29, 1.82) is 0 Å². The number of fused-ring (bicyclic) bond motifs is 11.